The first-order chi connectivity index (χ1) is 32.4. The van der Waals surface area contributed by atoms with Crippen molar-refractivity contribution >= 4 is 44.7 Å². The first kappa shape index (κ1) is 50.5. The minimum absolute atomic E-state index is 0.00893. The Morgan fingerprint density at radius 2 is 1.75 bits per heavy atom. The van der Waals surface area contributed by atoms with Gasteiger partial charge in [-0.2, -0.15) is 26.3 Å². The Morgan fingerprint density at radius 3 is 2.43 bits per heavy atom. The number of nitrogens with one attached hydrogen (secondary N) is 3. The van der Waals surface area contributed by atoms with E-state index in [2.05, 4.69) is 20.3 Å². The van der Waals surface area contributed by atoms with Crippen molar-refractivity contribution in [2.45, 2.75) is 145 Å². The van der Waals surface area contributed by atoms with Gasteiger partial charge in [-0.1, -0.05) is 38.8 Å². The molecule has 8 rings (SSSR count). The van der Waals surface area contributed by atoms with Crippen LogP contribution in [0.3, 0.4) is 0 Å². The molecule has 22 heteroatoms. The van der Waals surface area contributed by atoms with Gasteiger partial charge in [0.1, 0.15) is 29.0 Å². The predicted molar refractivity (Wildman–Crippen MR) is 238 cm³/mol. The largest absolute Gasteiger partial charge is 0.493 e. The molecule has 1 aromatic heterocycles. The summed E-state index contributed by atoms with van der Waals surface area (Å²) >= 11 is 0. The van der Waals surface area contributed by atoms with Gasteiger partial charge in [-0.25, -0.2) is 18.2 Å². The topological polar surface area (TPSA) is 186 Å². The van der Waals surface area contributed by atoms with Gasteiger partial charge in [-0.05, 0) is 114 Å². The number of hydrogen-bond donors (Lipinski definition) is 3. The highest BCUT2D eigenvalue weighted by atomic mass is 32.2. The van der Waals surface area contributed by atoms with Crippen molar-refractivity contribution in [2.24, 2.45) is 17.8 Å². The normalized spacial score (nSPS) is 27.9. The summed E-state index contributed by atoms with van der Waals surface area (Å²) in [5.74, 6) is -3.45. The van der Waals surface area contributed by atoms with Gasteiger partial charge in [0, 0.05) is 23.3 Å². The molecule has 15 nitrogen and oxygen atoms in total. The number of sulfonamides is 1. The van der Waals surface area contributed by atoms with Crippen molar-refractivity contribution in [1.29, 1.82) is 0 Å². The van der Waals surface area contributed by atoms with E-state index in [0.29, 0.717) is 62.5 Å². The zero-order chi connectivity index (χ0) is 49.7. The van der Waals surface area contributed by atoms with E-state index in [1.54, 1.807) is 12.1 Å². The number of pyridine rings is 1. The maximum absolute atomic E-state index is 15.0. The molecule has 6 aliphatic rings. The minimum atomic E-state index is -5.01. The van der Waals surface area contributed by atoms with E-state index in [1.165, 1.54) is 28.9 Å². The fourth-order valence-corrected chi connectivity index (χ4v) is 11.3. The third kappa shape index (κ3) is 11.2. The molecule has 2 aliphatic carbocycles. The maximum atomic E-state index is 15.0. The maximum Gasteiger partial charge on any atom is 0.437 e. The molecule has 5 unspecified atom stereocenters. The van der Waals surface area contributed by atoms with Crippen LogP contribution in [0.25, 0.3) is 10.9 Å². The minimum Gasteiger partial charge on any atom is -0.493 e. The highest BCUT2D eigenvalue weighted by Gasteiger charge is 2.64. The molecule has 2 saturated heterocycles. The summed E-state index contributed by atoms with van der Waals surface area (Å²) in [7, 11) is -4.14. The number of alkyl carbamates (subject to hydrolysis) is 1. The number of carbonyl (C=O) groups is 4. The van der Waals surface area contributed by atoms with E-state index in [9.17, 15) is 40.8 Å². The van der Waals surface area contributed by atoms with Crippen LogP contribution in [0.4, 0.5) is 31.1 Å². The molecule has 0 radical (unpaired) electrons. The van der Waals surface area contributed by atoms with E-state index in [1.807, 2.05) is 19.9 Å². The average Bonchev–Trinajstić information content (AvgIpc) is 4.17. The SMILES string of the molecule is CC(C)COC(=O)NC1CCCCCC=CC2CC2(C(=O)NS(=O)(=O)C2(C)CC2)NC(=O)C2CC3(CCc4c(c(C(F)(F)F)nc5ccc(OCC6CCN(CC(F)(F)F)CC6)cc45)O3)CN2C1=O. The number of hydrogen-bond acceptors (Lipinski definition) is 11. The molecular weight excluding hydrogens is 939 g/mol. The van der Waals surface area contributed by atoms with Gasteiger partial charge in [0.05, 0.1) is 36.6 Å². The lowest BCUT2D eigenvalue weighted by molar-refractivity contribution is -0.149. The second-order valence-electron chi connectivity index (χ2n) is 20.5. The zero-order valence-electron chi connectivity index (χ0n) is 38.9. The van der Waals surface area contributed by atoms with E-state index in [4.69, 9.17) is 14.2 Å². The molecule has 1 spiro atoms. The molecule has 3 N–H and O–H groups in total. The van der Waals surface area contributed by atoms with Gasteiger partial charge in [-0.15, -0.1) is 0 Å². The van der Waals surface area contributed by atoms with Crippen LogP contribution in [-0.4, -0.2) is 121 Å². The number of alkyl halides is 6. The predicted octanol–water partition coefficient (Wildman–Crippen LogP) is 6.72. The summed E-state index contributed by atoms with van der Waals surface area (Å²) in [4.78, 5) is 63.3. The van der Waals surface area contributed by atoms with Crippen LogP contribution in [-0.2, 0) is 41.7 Å². The van der Waals surface area contributed by atoms with Gasteiger partial charge < -0.3 is 29.7 Å². The Hall–Kier alpha value is -4.86. The smallest absolute Gasteiger partial charge is 0.437 e. The Bertz CT molecular complexity index is 2460. The lowest BCUT2D eigenvalue weighted by atomic mass is 9.87. The molecular formula is C47H60F6N6O9S. The van der Waals surface area contributed by atoms with E-state index >= 15 is 13.2 Å². The number of allylic oxidation sites excluding steroid dienone is 1. The lowest BCUT2D eigenvalue weighted by Crippen LogP contribution is -2.58. The molecule has 380 valence electrons. The number of halogens is 6. The second-order valence-corrected chi connectivity index (χ2v) is 22.7. The average molecular weight is 999 g/mol. The van der Waals surface area contributed by atoms with Gasteiger partial charge in [0.25, 0.3) is 5.91 Å². The number of rotatable bonds is 10. The van der Waals surface area contributed by atoms with Gasteiger partial charge in [-0.3, -0.25) is 24.0 Å². The Kier molecular flexibility index (Phi) is 13.9. The van der Waals surface area contributed by atoms with E-state index in [0.717, 1.165) is 0 Å². The van der Waals surface area contributed by atoms with Gasteiger partial charge >= 0.3 is 18.4 Å². The number of ether oxygens (including phenoxy) is 3. The Morgan fingerprint density at radius 1 is 1.01 bits per heavy atom. The molecule has 0 bridgehead atoms. The summed E-state index contributed by atoms with van der Waals surface area (Å²) in [6.07, 6.45) is -2.71. The lowest BCUT2D eigenvalue weighted by Gasteiger charge is -2.37. The fraction of sp³-hybridized carbons (Fsp3) is 0.681. The second kappa shape index (κ2) is 19.0. The van der Waals surface area contributed by atoms with Crippen molar-refractivity contribution in [1.82, 2.24) is 30.1 Å². The highest BCUT2D eigenvalue weighted by molar-refractivity contribution is 7.91. The number of piperidine rings is 1. The van der Waals surface area contributed by atoms with Crippen molar-refractivity contribution in [2.75, 3.05) is 39.4 Å². The monoisotopic (exact) mass is 998 g/mol. The summed E-state index contributed by atoms with van der Waals surface area (Å²) in [5, 5.41) is 5.75. The molecule has 69 heavy (non-hydrogen) atoms. The summed E-state index contributed by atoms with van der Waals surface area (Å²) in [5.41, 5.74) is -4.46. The number of nitrogens with zero attached hydrogens (tertiary/aromatic N) is 3. The molecule has 5 heterocycles. The number of likely N-dealkylation sites (tertiary alicyclic amines) is 1. The third-order valence-corrected chi connectivity index (χ3v) is 16.6. The van der Waals surface area contributed by atoms with Crippen LogP contribution < -0.4 is 24.8 Å². The van der Waals surface area contributed by atoms with Crippen LogP contribution >= 0.6 is 0 Å². The van der Waals surface area contributed by atoms with Crippen molar-refractivity contribution < 1.29 is 68.1 Å². The fourth-order valence-electron chi connectivity index (χ4n) is 10.00. The Labute approximate surface area is 396 Å². The van der Waals surface area contributed by atoms with Crippen molar-refractivity contribution in [3.63, 3.8) is 0 Å². The van der Waals surface area contributed by atoms with Crippen LogP contribution in [0.15, 0.2) is 30.4 Å². The first-order valence-electron chi connectivity index (χ1n) is 23.8. The standard InChI is InChI=1S/C47H60F6N6O9S/c1-28(2)24-67-42(63)55-35-10-8-6-4-5-7-9-30-22-45(30,41(62)57-69(64,65)43(3)17-18-43)56-39(60)36-23-44(26-59(36)40(35)61)16-13-32-33-21-31(11-12-34(33)54-38(37(32)68-44)47(51,52)53)66-25-29-14-19-58(20-15-29)27-46(48,49)50/h7,9,11-12,21,28-30,35-36H,4-6,8,10,13-20,22-27H2,1-3H3,(H,55,63)(H,56,60)(H,57,62). The van der Waals surface area contributed by atoms with E-state index < -0.39 is 105 Å². The summed E-state index contributed by atoms with van der Waals surface area (Å²) < 4.78 is 129. The van der Waals surface area contributed by atoms with Crippen molar-refractivity contribution in [3.8, 4) is 11.5 Å². The molecule has 2 saturated carbocycles. The number of aryl methyl sites for hydroxylation is 1. The van der Waals surface area contributed by atoms with Crippen LogP contribution in [0.1, 0.15) is 109 Å². The summed E-state index contributed by atoms with van der Waals surface area (Å²) in [6.45, 7) is 4.52. The molecule has 4 amide bonds. The Balaban J connectivity index is 1.10. The number of aromatic nitrogens is 1. The number of benzene rings is 1. The van der Waals surface area contributed by atoms with Gasteiger partial charge in [0.15, 0.2) is 11.4 Å². The molecule has 5 atom stereocenters. The number of carbonyl (C=O) groups excluding carboxylic acids is 4. The third-order valence-electron chi connectivity index (χ3n) is 14.5. The molecule has 4 fully saturated rings. The molecule has 1 aromatic carbocycles. The quantitative estimate of drug-likeness (QED) is 0.170. The number of fused-ring (bicyclic) bond motifs is 5. The molecule has 2 aromatic rings. The highest BCUT2D eigenvalue weighted by Crippen LogP contribution is 2.51. The summed E-state index contributed by atoms with van der Waals surface area (Å²) in [6, 6.07) is 1.77. The zero-order valence-corrected chi connectivity index (χ0v) is 39.7. The number of amides is 4. The molecule has 4 aliphatic heterocycles. The first-order valence-corrected chi connectivity index (χ1v) is 25.3. The van der Waals surface area contributed by atoms with Crippen LogP contribution in [0, 0.1) is 17.8 Å². The van der Waals surface area contributed by atoms with Crippen LogP contribution in [0.2, 0.25) is 0 Å². The van der Waals surface area contributed by atoms with Crippen molar-refractivity contribution in [3.05, 3.63) is 41.6 Å². The van der Waals surface area contributed by atoms with Crippen LogP contribution in [0.5, 0.6) is 11.5 Å². The van der Waals surface area contributed by atoms with Gasteiger partial charge in [0.2, 0.25) is 21.8 Å². The van der Waals surface area contributed by atoms with E-state index in [-0.39, 0.29) is 81.3 Å².